The van der Waals surface area contributed by atoms with Gasteiger partial charge in [-0.05, 0) is 59.7 Å². The van der Waals surface area contributed by atoms with Crippen LogP contribution in [0.3, 0.4) is 0 Å². The fourth-order valence-electron chi connectivity index (χ4n) is 4.92. The van der Waals surface area contributed by atoms with Gasteiger partial charge in [0.1, 0.15) is 23.8 Å². The van der Waals surface area contributed by atoms with E-state index in [0.717, 1.165) is 46.4 Å². The topological polar surface area (TPSA) is 59.6 Å². The zero-order valence-electron chi connectivity index (χ0n) is 21.9. The Hall–Kier alpha value is -3.95. The maximum absolute atomic E-state index is 14.1. The molecule has 4 aromatic rings. The highest BCUT2D eigenvalue weighted by atomic mass is 19.1. The molecule has 0 atom stereocenters. The molecule has 2 aromatic heterocycles. The highest BCUT2D eigenvalue weighted by Gasteiger charge is 2.32. The first kappa shape index (κ1) is 18.4. The number of allylic oxidation sites excluding steroid dienone is 1. The van der Waals surface area contributed by atoms with Crippen LogP contribution < -0.4 is 4.74 Å². The number of aromatic nitrogens is 2. The zero-order valence-corrected chi connectivity index (χ0v) is 18.9. The van der Waals surface area contributed by atoms with Crippen LogP contribution in [0.25, 0.3) is 11.2 Å². The van der Waals surface area contributed by atoms with Gasteiger partial charge in [0.2, 0.25) is 0 Å². The second-order valence-corrected chi connectivity index (χ2v) is 8.99. The fraction of sp³-hybridized carbons (Fsp3) is 0.241. The Morgan fingerprint density at radius 1 is 1.23 bits per heavy atom. The van der Waals surface area contributed by atoms with E-state index >= 15 is 0 Å². The summed E-state index contributed by atoms with van der Waals surface area (Å²) < 4.78 is 49.4. The van der Waals surface area contributed by atoms with Gasteiger partial charge in [0, 0.05) is 42.4 Å². The van der Waals surface area contributed by atoms with Gasteiger partial charge in [0.05, 0.1) is 28.2 Å². The van der Waals surface area contributed by atoms with Gasteiger partial charge in [0.25, 0.3) is 0 Å². The summed E-state index contributed by atoms with van der Waals surface area (Å²) in [5.74, 6) is 0.244. The molecule has 2 aliphatic rings. The zero-order chi connectivity index (χ0) is 26.4. The lowest BCUT2D eigenvalue weighted by molar-refractivity contribution is 0.181. The molecule has 0 saturated heterocycles. The van der Waals surface area contributed by atoms with E-state index < -0.39 is 7.04 Å². The van der Waals surface area contributed by atoms with E-state index in [0.29, 0.717) is 29.1 Å². The average molecular weight is 469 g/mol. The van der Waals surface area contributed by atoms with Gasteiger partial charge in [-0.3, -0.25) is 0 Å². The normalized spacial score (nSPS) is 17.8. The largest absolute Gasteiger partial charge is 0.488 e. The number of benzene rings is 2. The summed E-state index contributed by atoms with van der Waals surface area (Å²) in [7, 11) is -2.52. The third kappa shape index (κ3) is 3.88. The van der Waals surface area contributed by atoms with Gasteiger partial charge in [-0.1, -0.05) is 24.3 Å². The Morgan fingerprint density at radius 3 is 2.94 bits per heavy atom. The van der Waals surface area contributed by atoms with Gasteiger partial charge in [-0.15, -0.1) is 0 Å². The number of nitrogens with zero attached hydrogens (tertiary/aromatic N) is 3. The minimum Gasteiger partial charge on any atom is -0.488 e. The van der Waals surface area contributed by atoms with Gasteiger partial charge in [-0.25, -0.2) is 9.37 Å². The van der Waals surface area contributed by atoms with E-state index in [4.69, 9.17) is 13.6 Å². The molecule has 0 spiro atoms. The number of pyridine rings is 1. The highest BCUT2D eigenvalue weighted by molar-refractivity contribution is 5.89. The Morgan fingerprint density at radius 2 is 2.11 bits per heavy atom. The second kappa shape index (κ2) is 8.68. The van der Waals surface area contributed by atoms with E-state index in [1.54, 1.807) is 6.07 Å². The maximum Gasteiger partial charge on any atom is 0.137 e. The Labute approximate surface area is 207 Å². The third-order valence-corrected chi connectivity index (χ3v) is 6.70. The highest BCUT2D eigenvalue weighted by Crippen LogP contribution is 2.46. The van der Waals surface area contributed by atoms with Crippen molar-refractivity contribution in [1.82, 2.24) is 9.38 Å². The summed E-state index contributed by atoms with van der Waals surface area (Å²) >= 11 is 0. The van der Waals surface area contributed by atoms with E-state index in [9.17, 15) is 9.65 Å². The molecule has 0 radical (unpaired) electrons. The molecular weight excluding hydrogens is 441 g/mol. The summed E-state index contributed by atoms with van der Waals surface area (Å²) in [5.41, 5.74) is 7.12. The molecule has 3 heterocycles. The molecule has 0 amide bonds. The van der Waals surface area contributed by atoms with Crippen LogP contribution in [0.5, 0.6) is 5.75 Å². The van der Waals surface area contributed by atoms with Gasteiger partial charge < -0.3 is 13.9 Å². The summed E-state index contributed by atoms with van der Waals surface area (Å²) in [6.45, 7) is 0.0942. The first-order valence-electron chi connectivity index (χ1n) is 13.1. The Kier molecular flexibility index (Phi) is 4.56. The molecule has 1 aliphatic carbocycles. The third-order valence-electron chi connectivity index (χ3n) is 6.70. The van der Waals surface area contributed by atoms with Crippen LogP contribution in [0.4, 0.5) is 4.39 Å². The van der Waals surface area contributed by atoms with Crippen molar-refractivity contribution in [3.8, 4) is 11.8 Å². The summed E-state index contributed by atoms with van der Waals surface area (Å²) in [4.78, 5) is 4.61. The lowest BCUT2D eigenvalue weighted by atomic mass is 9.88. The lowest BCUT2D eigenvalue weighted by Gasteiger charge is -2.14. The number of ether oxygens (including phenoxy) is 2. The molecular formula is C29H24FN3O2. The van der Waals surface area contributed by atoms with Crippen LogP contribution in [0.15, 0.2) is 66.4 Å². The van der Waals surface area contributed by atoms with Crippen molar-refractivity contribution in [2.75, 3.05) is 7.04 Å². The molecule has 1 saturated carbocycles. The number of methoxy groups -OCH3 is 1. The number of hydrogen-bond acceptors (Lipinski definition) is 4. The first-order chi connectivity index (χ1) is 18.3. The molecule has 6 heteroatoms. The van der Waals surface area contributed by atoms with E-state index in [1.165, 1.54) is 12.1 Å². The van der Waals surface area contributed by atoms with Crippen molar-refractivity contribution in [2.24, 2.45) is 5.92 Å². The molecule has 174 valence electrons. The molecule has 5 nitrogen and oxygen atoms in total. The summed E-state index contributed by atoms with van der Waals surface area (Å²) in [6, 6.07) is 18.6. The quantitative estimate of drug-likeness (QED) is 0.345. The maximum atomic E-state index is 14.1. The van der Waals surface area contributed by atoms with Crippen LogP contribution >= 0.6 is 0 Å². The number of rotatable bonds is 5. The second-order valence-electron chi connectivity index (χ2n) is 8.99. The van der Waals surface area contributed by atoms with Crippen molar-refractivity contribution >= 4 is 11.2 Å². The molecule has 0 bridgehead atoms. The summed E-state index contributed by atoms with van der Waals surface area (Å²) in [5, 5.41) is 10.1. The number of halogens is 1. The minimum absolute atomic E-state index is 0.137. The molecule has 1 aliphatic heterocycles. The van der Waals surface area contributed by atoms with Gasteiger partial charge in [-0.2, -0.15) is 5.26 Å². The SMILES string of the molecule is [2H]C([2H])([2H])OCc1nc2ccccn2c1Cc1ccc2c(c1)COc1cc(F)ccc1/C2=C(/C#N)C1CC1. The number of imidazole rings is 1. The predicted molar refractivity (Wildman–Crippen MR) is 130 cm³/mol. The average Bonchev–Trinajstić information content (AvgIpc) is 3.69. The number of nitriles is 1. The van der Waals surface area contributed by atoms with Crippen LogP contribution in [-0.2, 0) is 24.4 Å². The minimum atomic E-state index is -2.52. The van der Waals surface area contributed by atoms with Crippen LogP contribution in [0, 0.1) is 23.1 Å². The van der Waals surface area contributed by atoms with Crippen molar-refractivity contribution in [2.45, 2.75) is 32.5 Å². The molecule has 1 fully saturated rings. The molecule has 0 unspecified atom stereocenters. The molecule has 0 N–H and O–H groups in total. The fourth-order valence-corrected chi connectivity index (χ4v) is 4.92. The van der Waals surface area contributed by atoms with Crippen molar-refractivity contribution in [1.29, 1.82) is 5.26 Å². The Bertz CT molecular complexity index is 1630. The number of hydrogen-bond donors (Lipinski definition) is 0. The standard InChI is InChI=1S/C29H24FN3O2/c1-34-17-25-26(33-11-3-2-4-28(33)32-25)13-18-5-9-22-20(12-18)16-35-27-14-21(30)8-10-23(27)29(22)24(15-31)19-6-7-19/h2-5,8-12,14,19H,6-7,13,16-17H2,1H3/b29-24-/i1D3. The first-order valence-corrected chi connectivity index (χ1v) is 11.6. The molecule has 2 aromatic carbocycles. The van der Waals surface area contributed by atoms with Gasteiger partial charge in [0.15, 0.2) is 0 Å². The predicted octanol–water partition coefficient (Wildman–Crippen LogP) is 5.84. The molecule has 35 heavy (non-hydrogen) atoms. The van der Waals surface area contributed by atoms with Gasteiger partial charge >= 0.3 is 0 Å². The van der Waals surface area contributed by atoms with Crippen molar-refractivity contribution in [3.63, 3.8) is 0 Å². The monoisotopic (exact) mass is 468 g/mol. The Balaban J connectivity index is 1.42. The number of fused-ring (bicyclic) bond motifs is 3. The molecule has 6 rings (SSSR count). The lowest BCUT2D eigenvalue weighted by Crippen LogP contribution is -2.03. The van der Waals surface area contributed by atoms with Crippen molar-refractivity contribution in [3.05, 3.63) is 106 Å². The summed E-state index contributed by atoms with van der Waals surface area (Å²) in [6.07, 6.45) is 4.30. The van der Waals surface area contributed by atoms with E-state index in [2.05, 4.69) is 11.1 Å². The van der Waals surface area contributed by atoms with Crippen LogP contribution in [-0.4, -0.2) is 16.4 Å². The van der Waals surface area contributed by atoms with Crippen LogP contribution in [0.2, 0.25) is 0 Å². The smallest absolute Gasteiger partial charge is 0.137 e. The van der Waals surface area contributed by atoms with E-state index in [-0.39, 0.29) is 24.9 Å². The van der Waals surface area contributed by atoms with Crippen molar-refractivity contribution < 1.29 is 18.0 Å². The van der Waals surface area contributed by atoms with E-state index in [1.807, 2.05) is 47.0 Å². The van der Waals surface area contributed by atoms with Crippen LogP contribution in [0.1, 0.15) is 50.6 Å².